The highest BCUT2D eigenvalue weighted by Gasteiger charge is 2.18. The van der Waals surface area contributed by atoms with Gasteiger partial charge in [0.05, 0.1) is 23.0 Å². The molecule has 4 rings (SSSR count). The van der Waals surface area contributed by atoms with E-state index in [2.05, 4.69) is 36.6 Å². The van der Waals surface area contributed by atoms with E-state index in [1.54, 1.807) is 49.0 Å². The van der Waals surface area contributed by atoms with Gasteiger partial charge in [0.2, 0.25) is 0 Å². The Bertz CT molecular complexity index is 1550. The van der Waals surface area contributed by atoms with Crippen molar-refractivity contribution in [1.82, 2.24) is 14.4 Å². The first-order valence-electron chi connectivity index (χ1n) is 11.2. The lowest BCUT2D eigenvalue weighted by Gasteiger charge is -2.14. The maximum absolute atomic E-state index is 13.5. The van der Waals surface area contributed by atoms with Crippen LogP contribution in [0.4, 0.5) is 13.2 Å². The molecule has 0 fully saturated rings. The molecule has 0 aliphatic carbocycles. The van der Waals surface area contributed by atoms with Crippen molar-refractivity contribution in [1.29, 1.82) is 0 Å². The van der Waals surface area contributed by atoms with Gasteiger partial charge in [0.1, 0.15) is 11.6 Å². The minimum Gasteiger partial charge on any atom is -0.434 e. The van der Waals surface area contributed by atoms with Crippen LogP contribution < -0.4 is 16.1 Å². The molecule has 0 aliphatic heterocycles. The molecule has 0 saturated heterocycles. The van der Waals surface area contributed by atoms with Crippen molar-refractivity contribution in [2.75, 3.05) is 7.05 Å². The summed E-state index contributed by atoms with van der Waals surface area (Å²) in [6, 6.07) is 13.2. The van der Waals surface area contributed by atoms with Crippen LogP contribution >= 0.6 is 31.9 Å². The molecule has 12 heteroatoms. The molecule has 2 N–H and O–H groups in total. The second-order valence-electron chi connectivity index (χ2n) is 8.39. The van der Waals surface area contributed by atoms with E-state index in [4.69, 9.17) is 5.84 Å². The molecule has 0 spiro atoms. The second-order valence-corrected chi connectivity index (χ2v) is 10.1. The van der Waals surface area contributed by atoms with Crippen LogP contribution in [0.15, 0.2) is 62.3 Å². The lowest BCUT2D eigenvalue weighted by molar-refractivity contribution is -0.0505. The van der Waals surface area contributed by atoms with Gasteiger partial charge in [-0.2, -0.15) is 8.78 Å². The van der Waals surface area contributed by atoms with E-state index < -0.39 is 18.3 Å². The zero-order chi connectivity index (χ0) is 28.3. The minimum absolute atomic E-state index is 0.0179. The zero-order valence-corrected chi connectivity index (χ0v) is 24.1. The zero-order valence-electron chi connectivity index (χ0n) is 20.9. The topological polar surface area (TPSA) is 82.5 Å². The number of para-hydroxylation sites is 1. The van der Waals surface area contributed by atoms with Crippen LogP contribution in [0.2, 0.25) is 0 Å². The summed E-state index contributed by atoms with van der Waals surface area (Å²) in [4.78, 5) is 23.8. The first kappa shape index (κ1) is 29.5. The Labute approximate surface area is 233 Å². The number of nitrogens with two attached hydrogens (primary N) is 1. The number of aryl methyl sites for hydroxylation is 1. The Hall–Kier alpha value is -3.09. The summed E-state index contributed by atoms with van der Waals surface area (Å²) in [5, 5.41) is 1.44. The van der Waals surface area contributed by atoms with Crippen LogP contribution in [0.5, 0.6) is 5.75 Å². The van der Waals surface area contributed by atoms with E-state index in [-0.39, 0.29) is 23.4 Å². The normalized spacial score (nSPS) is 10.9. The third-order valence-corrected chi connectivity index (χ3v) is 7.61. The predicted octanol–water partition coefficient (Wildman–Crippen LogP) is 5.90. The number of ether oxygens (including phenoxy) is 1. The number of carbonyl (C=O) groups excluding carboxylic acids is 1. The van der Waals surface area contributed by atoms with Gasteiger partial charge in [-0.05, 0) is 55.3 Å². The Kier molecular flexibility index (Phi) is 9.45. The molecular formula is C26H25Br2F3N4O3. The summed E-state index contributed by atoms with van der Waals surface area (Å²) in [6.07, 6.45) is 0. The highest BCUT2D eigenvalue weighted by atomic mass is 79.9. The number of hydrogen-bond donors (Lipinski definition) is 1. The van der Waals surface area contributed by atoms with E-state index in [0.717, 1.165) is 20.6 Å². The van der Waals surface area contributed by atoms with Crippen LogP contribution in [-0.2, 0) is 13.6 Å². The third kappa shape index (κ3) is 6.13. The van der Waals surface area contributed by atoms with Crippen molar-refractivity contribution in [2.45, 2.75) is 27.0 Å². The lowest BCUT2D eigenvalue weighted by Crippen LogP contribution is -2.33. The fourth-order valence-electron chi connectivity index (χ4n) is 3.82. The number of alkyl halides is 2. The van der Waals surface area contributed by atoms with Gasteiger partial charge in [-0.1, -0.05) is 50.1 Å². The van der Waals surface area contributed by atoms with Crippen molar-refractivity contribution in [3.8, 4) is 5.75 Å². The van der Waals surface area contributed by atoms with Gasteiger partial charge in [0, 0.05) is 28.6 Å². The molecule has 0 atom stereocenters. The molecule has 3 aromatic carbocycles. The van der Waals surface area contributed by atoms with E-state index in [1.165, 1.54) is 23.9 Å². The lowest BCUT2D eigenvalue weighted by atomic mass is 10.1. The van der Waals surface area contributed by atoms with Crippen LogP contribution in [0.25, 0.3) is 10.9 Å². The number of fused-ring (bicyclic) bond motifs is 1. The van der Waals surface area contributed by atoms with Crippen molar-refractivity contribution >= 4 is 48.7 Å². The maximum atomic E-state index is 13.5. The van der Waals surface area contributed by atoms with Crippen molar-refractivity contribution in [2.24, 2.45) is 12.9 Å². The number of hydrazine groups is 1. The number of benzene rings is 3. The molecule has 1 amide bonds. The van der Waals surface area contributed by atoms with Gasteiger partial charge in [-0.15, -0.1) is 0 Å². The largest absolute Gasteiger partial charge is 0.434 e. The molecule has 4 aromatic rings. The minimum atomic E-state index is -2.90. The van der Waals surface area contributed by atoms with E-state index >= 15 is 0 Å². The van der Waals surface area contributed by atoms with Gasteiger partial charge in [0.15, 0.2) is 0 Å². The Morgan fingerprint density at radius 1 is 1.05 bits per heavy atom. The molecule has 38 heavy (non-hydrogen) atoms. The SMILES string of the molecule is Cc1c(Br)ccc(C(=O)N(C)N)c1F.Cc1c(Br)ccc2c(=O)n(C)n(Cc3ccccc3OC(F)F)c12. The molecule has 0 saturated carbocycles. The van der Waals surface area contributed by atoms with E-state index in [9.17, 15) is 22.8 Å². The van der Waals surface area contributed by atoms with E-state index in [0.29, 0.717) is 21.0 Å². The van der Waals surface area contributed by atoms with Gasteiger partial charge in [-0.25, -0.2) is 10.2 Å². The first-order valence-corrected chi connectivity index (χ1v) is 12.8. The number of aromatic nitrogens is 2. The van der Waals surface area contributed by atoms with Crippen molar-refractivity contribution < 1.29 is 22.7 Å². The monoisotopic (exact) mass is 656 g/mol. The summed E-state index contributed by atoms with van der Waals surface area (Å²) in [7, 11) is 3.03. The van der Waals surface area contributed by atoms with Gasteiger partial charge in [-0.3, -0.25) is 24.0 Å². The van der Waals surface area contributed by atoms with Crippen LogP contribution in [0.1, 0.15) is 27.0 Å². The molecule has 7 nitrogen and oxygen atoms in total. The fourth-order valence-corrected chi connectivity index (χ4v) is 4.45. The summed E-state index contributed by atoms with van der Waals surface area (Å²) < 4.78 is 48.1. The first-order chi connectivity index (χ1) is 17.8. The van der Waals surface area contributed by atoms with Crippen LogP contribution in [0.3, 0.4) is 0 Å². The van der Waals surface area contributed by atoms with Crippen LogP contribution in [0, 0.1) is 19.7 Å². The smallest absolute Gasteiger partial charge is 0.387 e. The summed E-state index contributed by atoms with van der Waals surface area (Å²) >= 11 is 6.64. The number of carbonyl (C=O) groups is 1. The summed E-state index contributed by atoms with van der Waals surface area (Å²) in [5.74, 6) is 4.25. The predicted molar refractivity (Wildman–Crippen MR) is 147 cm³/mol. The van der Waals surface area contributed by atoms with Gasteiger partial charge < -0.3 is 4.74 Å². The standard InChI is InChI=1S/C17H15BrF2N2O2.C9H10BrFN2O/c1-10-13(18)8-7-12-15(10)22(21(2)16(12)23)9-11-5-3-4-6-14(11)24-17(19)20;1-5-7(10)4-3-6(8(5)11)9(14)13(2)12/h3-8,17H,9H2,1-2H3;3-4H,12H2,1-2H3. The summed E-state index contributed by atoms with van der Waals surface area (Å²) in [6.45, 7) is 0.846. The summed E-state index contributed by atoms with van der Waals surface area (Å²) in [5.41, 5.74) is 2.51. The Balaban J connectivity index is 0.000000244. The molecule has 0 bridgehead atoms. The Morgan fingerprint density at radius 3 is 2.29 bits per heavy atom. The molecule has 0 aliphatic rings. The molecular weight excluding hydrogens is 633 g/mol. The van der Waals surface area contributed by atoms with E-state index in [1.807, 2.05) is 13.0 Å². The third-order valence-electron chi connectivity index (χ3n) is 5.89. The molecule has 0 radical (unpaired) electrons. The second kappa shape index (κ2) is 12.2. The van der Waals surface area contributed by atoms with Crippen molar-refractivity contribution in [3.63, 3.8) is 0 Å². The fraction of sp³-hybridized carbons (Fsp3) is 0.231. The average molecular weight is 658 g/mol. The number of rotatable bonds is 5. The van der Waals surface area contributed by atoms with Gasteiger partial charge >= 0.3 is 6.61 Å². The number of nitrogens with zero attached hydrogens (tertiary/aromatic N) is 3. The Morgan fingerprint density at radius 2 is 1.66 bits per heavy atom. The van der Waals surface area contributed by atoms with Crippen LogP contribution in [-0.4, -0.2) is 33.9 Å². The quantitative estimate of drug-likeness (QED) is 0.165. The van der Waals surface area contributed by atoms with Gasteiger partial charge in [0.25, 0.3) is 11.5 Å². The number of amides is 1. The molecule has 1 aromatic heterocycles. The highest BCUT2D eigenvalue weighted by Crippen LogP contribution is 2.27. The van der Waals surface area contributed by atoms with Crippen molar-refractivity contribution in [3.05, 3.63) is 95.9 Å². The number of halogens is 5. The molecule has 0 unspecified atom stereocenters. The highest BCUT2D eigenvalue weighted by molar-refractivity contribution is 9.10. The molecule has 202 valence electrons. The average Bonchev–Trinajstić information content (AvgIpc) is 3.11. The molecule has 1 heterocycles. The number of hydrogen-bond acceptors (Lipinski definition) is 4. The maximum Gasteiger partial charge on any atom is 0.387 e.